The number of halogens is 2. The van der Waals surface area contributed by atoms with Crippen molar-refractivity contribution in [2.75, 3.05) is 0 Å². The largest absolute Gasteiger partial charge is 0.351 e. The highest BCUT2D eigenvalue weighted by Crippen LogP contribution is 2.26. The van der Waals surface area contributed by atoms with Gasteiger partial charge in [-0.25, -0.2) is 0 Å². The predicted octanol–water partition coefficient (Wildman–Crippen LogP) is 3.78. The van der Waals surface area contributed by atoms with Gasteiger partial charge in [0.2, 0.25) is 5.76 Å². The van der Waals surface area contributed by atoms with Crippen LogP contribution in [-0.4, -0.2) is 11.1 Å². The monoisotopic (exact) mass is 298 g/mol. The molecule has 6 heteroatoms. The third-order valence-corrected chi connectivity index (χ3v) is 3.19. The van der Waals surface area contributed by atoms with Gasteiger partial charge in [-0.05, 0) is 31.5 Å². The van der Waals surface area contributed by atoms with Crippen LogP contribution >= 0.6 is 23.2 Å². The smallest absolute Gasteiger partial charge is 0.290 e. The van der Waals surface area contributed by atoms with Crippen molar-refractivity contribution in [2.45, 2.75) is 19.9 Å². The van der Waals surface area contributed by atoms with Gasteiger partial charge in [0.1, 0.15) is 0 Å². The number of carbonyl (C=O) groups is 1. The Kier molecular flexibility index (Phi) is 4.12. The van der Waals surface area contributed by atoms with E-state index >= 15 is 0 Å². The molecule has 0 aliphatic heterocycles. The zero-order valence-corrected chi connectivity index (χ0v) is 11.9. The average molecular weight is 299 g/mol. The third-order valence-electron chi connectivity index (χ3n) is 2.63. The molecule has 1 aromatic heterocycles. The molecule has 0 aliphatic carbocycles. The van der Waals surface area contributed by atoms with E-state index in [1.54, 1.807) is 31.2 Å². The van der Waals surface area contributed by atoms with Crippen LogP contribution in [0, 0.1) is 6.92 Å². The lowest BCUT2D eigenvalue weighted by molar-refractivity contribution is 0.0902. The lowest BCUT2D eigenvalue weighted by Crippen LogP contribution is -2.26. The summed E-state index contributed by atoms with van der Waals surface area (Å²) in [6.45, 7) is 3.58. The summed E-state index contributed by atoms with van der Waals surface area (Å²) in [7, 11) is 0. The Labute approximate surface area is 120 Å². The molecule has 1 aromatic carbocycles. The van der Waals surface area contributed by atoms with E-state index in [9.17, 15) is 4.79 Å². The van der Waals surface area contributed by atoms with Gasteiger partial charge in [-0.15, -0.1) is 0 Å². The van der Waals surface area contributed by atoms with Crippen LogP contribution < -0.4 is 5.32 Å². The minimum atomic E-state index is -0.334. The summed E-state index contributed by atoms with van der Waals surface area (Å²) in [5, 5.41) is 7.52. The van der Waals surface area contributed by atoms with E-state index < -0.39 is 0 Å². The molecule has 0 saturated heterocycles. The highest BCUT2D eigenvalue weighted by atomic mass is 35.5. The molecular weight excluding hydrogens is 287 g/mol. The van der Waals surface area contributed by atoms with Crippen LogP contribution in [0.1, 0.15) is 34.8 Å². The molecule has 0 spiro atoms. The number of benzene rings is 1. The van der Waals surface area contributed by atoms with Gasteiger partial charge in [-0.1, -0.05) is 34.4 Å². The van der Waals surface area contributed by atoms with Crippen molar-refractivity contribution in [1.82, 2.24) is 10.5 Å². The van der Waals surface area contributed by atoms with Crippen molar-refractivity contribution in [3.8, 4) is 0 Å². The Balaban J connectivity index is 2.12. The van der Waals surface area contributed by atoms with Gasteiger partial charge in [-0.2, -0.15) is 0 Å². The quantitative estimate of drug-likeness (QED) is 0.938. The van der Waals surface area contributed by atoms with Gasteiger partial charge in [-0.3, -0.25) is 4.79 Å². The zero-order chi connectivity index (χ0) is 14.0. The van der Waals surface area contributed by atoms with Crippen molar-refractivity contribution in [3.63, 3.8) is 0 Å². The van der Waals surface area contributed by atoms with Crippen molar-refractivity contribution in [1.29, 1.82) is 0 Å². The van der Waals surface area contributed by atoms with E-state index in [1.165, 1.54) is 0 Å². The predicted molar refractivity (Wildman–Crippen MR) is 73.6 cm³/mol. The molecule has 1 atom stereocenters. The van der Waals surface area contributed by atoms with Crippen LogP contribution in [-0.2, 0) is 0 Å². The maximum Gasteiger partial charge on any atom is 0.290 e. The van der Waals surface area contributed by atoms with Crippen molar-refractivity contribution in [3.05, 3.63) is 51.3 Å². The second kappa shape index (κ2) is 5.63. The molecule has 2 rings (SSSR count). The SMILES string of the molecule is Cc1cc(C(=O)NC(C)c2ccc(Cl)cc2Cl)on1. The lowest BCUT2D eigenvalue weighted by Gasteiger charge is -2.14. The normalized spacial score (nSPS) is 12.2. The number of carbonyl (C=O) groups excluding carboxylic acids is 1. The summed E-state index contributed by atoms with van der Waals surface area (Å²) in [6, 6.07) is 6.46. The zero-order valence-electron chi connectivity index (χ0n) is 10.4. The Morgan fingerprint density at radius 1 is 1.37 bits per heavy atom. The highest BCUT2D eigenvalue weighted by Gasteiger charge is 2.17. The summed E-state index contributed by atoms with van der Waals surface area (Å²) in [5.41, 5.74) is 1.44. The lowest BCUT2D eigenvalue weighted by atomic mass is 10.1. The molecule has 1 N–H and O–H groups in total. The molecule has 1 heterocycles. The maximum atomic E-state index is 11.9. The van der Waals surface area contributed by atoms with Gasteiger partial charge in [0.25, 0.3) is 5.91 Å². The fourth-order valence-corrected chi connectivity index (χ4v) is 2.24. The molecule has 1 amide bonds. The number of hydrogen-bond donors (Lipinski definition) is 1. The fraction of sp³-hybridized carbons (Fsp3) is 0.231. The average Bonchev–Trinajstić information content (AvgIpc) is 2.75. The summed E-state index contributed by atoms with van der Waals surface area (Å²) in [6.07, 6.45) is 0. The number of aryl methyl sites for hydroxylation is 1. The second-order valence-corrected chi connectivity index (χ2v) is 5.04. The number of hydrogen-bond acceptors (Lipinski definition) is 3. The number of aromatic nitrogens is 1. The van der Waals surface area contributed by atoms with E-state index in [2.05, 4.69) is 10.5 Å². The van der Waals surface area contributed by atoms with Gasteiger partial charge < -0.3 is 9.84 Å². The topological polar surface area (TPSA) is 55.1 Å². The van der Waals surface area contributed by atoms with Crippen LogP contribution in [0.3, 0.4) is 0 Å². The van der Waals surface area contributed by atoms with E-state index in [4.69, 9.17) is 27.7 Å². The second-order valence-electron chi connectivity index (χ2n) is 4.19. The first kappa shape index (κ1) is 13.9. The van der Waals surface area contributed by atoms with Crippen molar-refractivity contribution in [2.24, 2.45) is 0 Å². The van der Waals surface area contributed by atoms with Gasteiger partial charge >= 0.3 is 0 Å². The molecular formula is C13H12Cl2N2O2. The van der Waals surface area contributed by atoms with E-state index in [0.29, 0.717) is 15.7 Å². The molecule has 1 unspecified atom stereocenters. The molecule has 0 fully saturated rings. The Bertz CT molecular complexity index is 610. The van der Waals surface area contributed by atoms with Gasteiger partial charge in [0.05, 0.1) is 11.7 Å². The molecule has 0 bridgehead atoms. The molecule has 0 aliphatic rings. The standard InChI is InChI=1S/C13H12Cl2N2O2/c1-7-5-12(19-17-7)13(18)16-8(2)10-4-3-9(14)6-11(10)15/h3-6,8H,1-2H3,(H,16,18). The first-order chi connectivity index (χ1) is 8.97. The first-order valence-electron chi connectivity index (χ1n) is 5.66. The molecule has 2 aromatic rings. The fourth-order valence-electron chi connectivity index (χ4n) is 1.67. The van der Waals surface area contributed by atoms with Crippen molar-refractivity contribution < 1.29 is 9.32 Å². The van der Waals surface area contributed by atoms with E-state index in [0.717, 1.165) is 5.56 Å². The Morgan fingerprint density at radius 3 is 2.68 bits per heavy atom. The van der Waals surface area contributed by atoms with Gasteiger partial charge in [0.15, 0.2) is 0 Å². The van der Waals surface area contributed by atoms with Crippen LogP contribution in [0.25, 0.3) is 0 Å². The maximum absolute atomic E-state index is 11.9. The first-order valence-corrected chi connectivity index (χ1v) is 6.42. The summed E-state index contributed by atoms with van der Waals surface area (Å²) in [5.74, 6) is -0.159. The van der Waals surface area contributed by atoms with Crippen LogP contribution in [0.2, 0.25) is 10.0 Å². The number of amides is 1. The minimum Gasteiger partial charge on any atom is -0.351 e. The molecule has 100 valence electrons. The summed E-state index contributed by atoms with van der Waals surface area (Å²) < 4.78 is 4.90. The van der Waals surface area contributed by atoms with Crippen molar-refractivity contribution >= 4 is 29.1 Å². The van der Waals surface area contributed by atoms with Crippen LogP contribution in [0.5, 0.6) is 0 Å². The van der Waals surface area contributed by atoms with Gasteiger partial charge in [0, 0.05) is 16.1 Å². The number of rotatable bonds is 3. The Morgan fingerprint density at radius 2 is 2.11 bits per heavy atom. The number of nitrogens with zero attached hydrogens (tertiary/aromatic N) is 1. The van der Waals surface area contributed by atoms with Crippen LogP contribution in [0.15, 0.2) is 28.8 Å². The molecule has 0 radical (unpaired) electrons. The summed E-state index contributed by atoms with van der Waals surface area (Å²) >= 11 is 11.9. The van der Waals surface area contributed by atoms with E-state index in [1.807, 2.05) is 6.92 Å². The molecule has 4 nitrogen and oxygen atoms in total. The van der Waals surface area contributed by atoms with E-state index in [-0.39, 0.29) is 17.7 Å². The summed E-state index contributed by atoms with van der Waals surface area (Å²) in [4.78, 5) is 11.9. The molecule has 19 heavy (non-hydrogen) atoms. The highest BCUT2D eigenvalue weighted by molar-refractivity contribution is 6.35. The minimum absolute atomic E-state index is 0.175. The molecule has 0 saturated carbocycles. The number of nitrogens with one attached hydrogen (secondary N) is 1. The third kappa shape index (κ3) is 3.28. The van der Waals surface area contributed by atoms with Crippen LogP contribution in [0.4, 0.5) is 0 Å². The Hall–Kier alpha value is -1.52.